The highest BCUT2D eigenvalue weighted by atomic mass is 19.1. The second kappa shape index (κ2) is 4.06. The maximum atomic E-state index is 13.6. The van der Waals surface area contributed by atoms with Crippen LogP contribution in [0.1, 0.15) is 30.7 Å². The van der Waals surface area contributed by atoms with Gasteiger partial charge in [0.1, 0.15) is 5.82 Å². The lowest BCUT2D eigenvalue weighted by molar-refractivity contribution is 0.460. The first-order valence-corrected chi connectivity index (χ1v) is 6.12. The molecule has 3 rings (SSSR count). The van der Waals surface area contributed by atoms with Crippen LogP contribution in [0.2, 0.25) is 0 Å². The minimum atomic E-state index is -0.111. The number of benzene rings is 1. The molecule has 2 unspecified atom stereocenters. The fourth-order valence-corrected chi connectivity index (χ4v) is 3.02. The average Bonchev–Trinajstić information content (AvgIpc) is 2.82. The number of nitrogens with one attached hydrogen (secondary N) is 2. The molecule has 1 aromatic carbocycles. The smallest absolute Gasteiger partial charge is 0.146 e. The monoisotopic (exact) mass is 220 g/mol. The van der Waals surface area contributed by atoms with Crippen LogP contribution in [0.3, 0.4) is 0 Å². The van der Waals surface area contributed by atoms with E-state index in [9.17, 15) is 4.39 Å². The lowest BCUT2D eigenvalue weighted by atomic mass is 9.84. The molecule has 1 fully saturated rings. The lowest BCUT2D eigenvalue weighted by Gasteiger charge is -2.31. The summed E-state index contributed by atoms with van der Waals surface area (Å²) in [7, 11) is 0. The van der Waals surface area contributed by atoms with Gasteiger partial charge in [0.2, 0.25) is 0 Å². The molecule has 1 aromatic rings. The molecule has 2 N–H and O–H groups in total. The van der Waals surface area contributed by atoms with Gasteiger partial charge in [0.15, 0.2) is 0 Å². The number of halogens is 1. The molecule has 0 radical (unpaired) electrons. The predicted molar refractivity (Wildman–Crippen MR) is 63.3 cm³/mol. The fourth-order valence-electron chi connectivity index (χ4n) is 3.02. The van der Waals surface area contributed by atoms with Gasteiger partial charge in [-0.3, -0.25) is 0 Å². The van der Waals surface area contributed by atoms with Crippen molar-refractivity contribution < 1.29 is 4.39 Å². The molecule has 2 aliphatic rings. The van der Waals surface area contributed by atoms with Crippen LogP contribution in [-0.4, -0.2) is 19.1 Å². The molecule has 2 nitrogen and oxygen atoms in total. The summed E-state index contributed by atoms with van der Waals surface area (Å²) in [6.45, 7) is 2.00. The summed E-state index contributed by atoms with van der Waals surface area (Å²) in [6, 6.07) is 5.97. The third-order valence-corrected chi connectivity index (χ3v) is 3.79. The summed E-state index contributed by atoms with van der Waals surface area (Å²) >= 11 is 0. The Hall–Kier alpha value is -1.09. The third kappa shape index (κ3) is 1.59. The van der Waals surface area contributed by atoms with Crippen LogP contribution < -0.4 is 10.6 Å². The Kier molecular flexibility index (Phi) is 2.56. The van der Waals surface area contributed by atoms with Gasteiger partial charge in [-0.05, 0) is 37.4 Å². The highest BCUT2D eigenvalue weighted by Gasteiger charge is 2.30. The van der Waals surface area contributed by atoms with Gasteiger partial charge in [-0.2, -0.15) is 0 Å². The Morgan fingerprint density at radius 2 is 2.12 bits per heavy atom. The van der Waals surface area contributed by atoms with E-state index < -0.39 is 0 Å². The first-order valence-electron chi connectivity index (χ1n) is 6.12. The van der Waals surface area contributed by atoms with Crippen LogP contribution in [0.25, 0.3) is 0 Å². The van der Waals surface area contributed by atoms with E-state index in [-0.39, 0.29) is 5.82 Å². The molecular weight excluding hydrogens is 203 g/mol. The molecule has 86 valence electrons. The summed E-state index contributed by atoms with van der Waals surface area (Å²) < 4.78 is 13.6. The van der Waals surface area contributed by atoms with Gasteiger partial charge in [-0.15, -0.1) is 0 Å². The molecule has 0 aromatic heterocycles. The Bertz CT molecular complexity index is 386. The highest BCUT2D eigenvalue weighted by molar-refractivity contribution is 5.56. The van der Waals surface area contributed by atoms with Crippen molar-refractivity contribution in [1.29, 1.82) is 0 Å². The van der Waals surface area contributed by atoms with E-state index in [2.05, 4.69) is 16.7 Å². The van der Waals surface area contributed by atoms with Gasteiger partial charge < -0.3 is 10.6 Å². The Morgan fingerprint density at radius 3 is 2.94 bits per heavy atom. The zero-order valence-electron chi connectivity index (χ0n) is 9.30. The minimum absolute atomic E-state index is 0.111. The van der Waals surface area contributed by atoms with E-state index in [1.807, 2.05) is 6.07 Å². The Morgan fingerprint density at radius 1 is 1.19 bits per heavy atom. The van der Waals surface area contributed by atoms with E-state index in [0.717, 1.165) is 30.8 Å². The van der Waals surface area contributed by atoms with Crippen molar-refractivity contribution in [2.24, 2.45) is 0 Å². The second-order valence-corrected chi connectivity index (χ2v) is 4.73. The number of hydrogen-bond donors (Lipinski definition) is 2. The van der Waals surface area contributed by atoms with E-state index in [1.54, 1.807) is 0 Å². The molecule has 1 saturated heterocycles. The highest BCUT2D eigenvalue weighted by Crippen LogP contribution is 2.37. The number of hydrogen-bond acceptors (Lipinski definition) is 2. The molecule has 0 saturated carbocycles. The van der Waals surface area contributed by atoms with Crippen molar-refractivity contribution >= 4 is 5.69 Å². The van der Waals surface area contributed by atoms with Crippen LogP contribution in [-0.2, 0) is 0 Å². The summed E-state index contributed by atoms with van der Waals surface area (Å²) in [5.74, 6) is 0.370. The standard InChI is InChI=1S/C13H17FN2/c14-11-4-1-3-10-9(6-8-16-13(10)11)12-5-2-7-15-12/h1,3-4,9,12,15-16H,2,5-8H2. The normalized spacial score (nSPS) is 28.6. The summed E-state index contributed by atoms with van der Waals surface area (Å²) in [6.07, 6.45) is 3.58. The summed E-state index contributed by atoms with van der Waals surface area (Å²) in [5.41, 5.74) is 1.89. The van der Waals surface area contributed by atoms with Gasteiger partial charge in [0.25, 0.3) is 0 Å². The van der Waals surface area contributed by atoms with E-state index in [1.165, 1.54) is 18.9 Å². The van der Waals surface area contributed by atoms with Gasteiger partial charge in [0, 0.05) is 18.5 Å². The molecule has 16 heavy (non-hydrogen) atoms. The Labute approximate surface area is 95.2 Å². The molecule has 2 atom stereocenters. The van der Waals surface area contributed by atoms with Crippen molar-refractivity contribution in [3.05, 3.63) is 29.6 Å². The van der Waals surface area contributed by atoms with E-state index >= 15 is 0 Å². The van der Waals surface area contributed by atoms with Crippen LogP contribution in [0.15, 0.2) is 18.2 Å². The van der Waals surface area contributed by atoms with Crippen LogP contribution in [0, 0.1) is 5.82 Å². The topological polar surface area (TPSA) is 24.1 Å². The average molecular weight is 220 g/mol. The predicted octanol–water partition coefficient (Wildman–Crippen LogP) is 2.48. The SMILES string of the molecule is Fc1cccc2c1NCCC2C1CCCN1. The summed E-state index contributed by atoms with van der Waals surface area (Å²) in [4.78, 5) is 0. The molecule has 2 heterocycles. The molecule has 3 heteroatoms. The van der Waals surface area contributed by atoms with Crippen LogP contribution in [0.4, 0.5) is 10.1 Å². The first kappa shape index (κ1) is 10.1. The van der Waals surface area contributed by atoms with Gasteiger partial charge in [0.05, 0.1) is 5.69 Å². The van der Waals surface area contributed by atoms with Gasteiger partial charge in [-0.25, -0.2) is 4.39 Å². The van der Waals surface area contributed by atoms with Crippen molar-refractivity contribution in [2.75, 3.05) is 18.4 Å². The fraction of sp³-hybridized carbons (Fsp3) is 0.538. The van der Waals surface area contributed by atoms with Crippen molar-refractivity contribution in [1.82, 2.24) is 5.32 Å². The zero-order valence-corrected chi connectivity index (χ0v) is 9.30. The minimum Gasteiger partial charge on any atom is -0.382 e. The van der Waals surface area contributed by atoms with Crippen molar-refractivity contribution in [2.45, 2.75) is 31.2 Å². The number of anilines is 1. The first-order chi connectivity index (χ1) is 7.86. The molecular formula is C13H17FN2. The van der Waals surface area contributed by atoms with Crippen LogP contribution >= 0.6 is 0 Å². The maximum Gasteiger partial charge on any atom is 0.146 e. The largest absolute Gasteiger partial charge is 0.382 e. The molecule has 0 bridgehead atoms. The third-order valence-electron chi connectivity index (χ3n) is 3.79. The number of para-hydroxylation sites is 1. The molecule has 2 aliphatic heterocycles. The second-order valence-electron chi connectivity index (χ2n) is 4.73. The van der Waals surface area contributed by atoms with Crippen molar-refractivity contribution in [3.8, 4) is 0 Å². The van der Waals surface area contributed by atoms with Crippen LogP contribution in [0.5, 0.6) is 0 Å². The number of rotatable bonds is 1. The van der Waals surface area contributed by atoms with Crippen molar-refractivity contribution in [3.63, 3.8) is 0 Å². The van der Waals surface area contributed by atoms with E-state index in [0.29, 0.717) is 12.0 Å². The number of fused-ring (bicyclic) bond motifs is 1. The van der Waals surface area contributed by atoms with E-state index in [4.69, 9.17) is 0 Å². The Balaban J connectivity index is 1.96. The zero-order chi connectivity index (χ0) is 11.0. The van der Waals surface area contributed by atoms with Gasteiger partial charge >= 0.3 is 0 Å². The quantitative estimate of drug-likeness (QED) is 0.759. The lowest BCUT2D eigenvalue weighted by Crippen LogP contribution is -2.33. The molecule has 0 aliphatic carbocycles. The molecule has 0 amide bonds. The van der Waals surface area contributed by atoms with Gasteiger partial charge in [-0.1, -0.05) is 12.1 Å². The molecule has 0 spiro atoms. The maximum absolute atomic E-state index is 13.6. The summed E-state index contributed by atoms with van der Waals surface area (Å²) in [5, 5.41) is 6.72.